The zero-order chi connectivity index (χ0) is 13.2. The van der Waals surface area contributed by atoms with Crippen LogP contribution in [0.2, 0.25) is 0 Å². The van der Waals surface area contributed by atoms with Gasteiger partial charge >= 0.3 is 0 Å². The second-order valence-electron chi connectivity index (χ2n) is 4.92. The SMILES string of the molecule is Cc1ccc2c(c1)[C@@H](CC(=O)c1ccco1)OCC2. The van der Waals surface area contributed by atoms with Gasteiger partial charge in [-0.25, -0.2) is 0 Å². The van der Waals surface area contributed by atoms with E-state index in [-0.39, 0.29) is 11.9 Å². The first-order valence-electron chi connectivity index (χ1n) is 6.52. The standard InChI is InChI=1S/C16H16O3/c1-11-4-5-12-6-8-19-16(13(12)9-11)10-14(17)15-3-2-7-18-15/h2-5,7,9,16H,6,8,10H2,1H3/t16-/m1/s1. The molecular weight excluding hydrogens is 240 g/mol. The van der Waals surface area contributed by atoms with E-state index < -0.39 is 0 Å². The van der Waals surface area contributed by atoms with E-state index >= 15 is 0 Å². The minimum Gasteiger partial charge on any atom is -0.461 e. The average Bonchev–Trinajstić information content (AvgIpc) is 2.93. The lowest BCUT2D eigenvalue weighted by atomic mass is 9.93. The van der Waals surface area contributed by atoms with Crippen LogP contribution in [0.5, 0.6) is 0 Å². The molecule has 0 bridgehead atoms. The molecule has 0 unspecified atom stereocenters. The quantitative estimate of drug-likeness (QED) is 0.789. The fourth-order valence-electron chi connectivity index (χ4n) is 2.52. The molecule has 2 heterocycles. The summed E-state index contributed by atoms with van der Waals surface area (Å²) in [5.74, 6) is 0.396. The number of aryl methyl sites for hydroxylation is 1. The first-order valence-corrected chi connectivity index (χ1v) is 6.52. The Balaban J connectivity index is 1.84. The molecule has 0 spiro atoms. The number of hydrogen-bond acceptors (Lipinski definition) is 3. The Bertz CT molecular complexity index is 584. The highest BCUT2D eigenvalue weighted by molar-refractivity contribution is 5.93. The predicted molar refractivity (Wildman–Crippen MR) is 71.2 cm³/mol. The van der Waals surface area contributed by atoms with Gasteiger partial charge in [-0.15, -0.1) is 0 Å². The highest BCUT2D eigenvalue weighted by atomic mass is 16.5. The second kappa shape index (κ2) is 5.02. The fraction of sp³-hybridized carbons (Fsp3) is 0.312. The molecule has 19 heavy (non-hydrogen) atoms. The summed E-state index contributed by atoms with van der Waals surface area (Å²) >= 11 is 0. The van der Waals surface area contributed by atoms with Crippen LogP contribution in [-0.2, 0) is 11.2 Å². The Hall–Kier alpha value is -1.87. The number of hydrogen-bond donors (Lipinski definition) is 0. The van der Waals surface area contributed by atoms with Crippen molar-refractivity contribution in [3.8, 4) is 0 Å². The lowest BCUT2D eigenvalue weighted by Gasteiger charge is -2.25. The van der Waals surface area contributed by atoms with Crippen molar-refractivity contribution in [2.45, 2.75) is 25.9 Å². The van der Waals surface area contributed by atoms with Crippen LogP contribution in [0.25, 0.3) is 0 Å². The van der Waals surface area contributed by atoms with Crippen LogP contribution in [-0.4, -0.2) is 12.4 Å². The van der Waals surface area contributed by atoms with Gasteiger partial charge < -0.3 is 9.15 Å². The Morgan fingerprint density at radius 2 is 2.26 bits per heavy atom. The van der Waals surface area contributed by atoms with Gasteiger partial charge in [-0.1, -0.05) is 23.8 Å². The molecule has 1 aromatic heterocycles. The smallest absolute Gasteiger partial charge is 0.200 e. The van der Waals surface area contributed by atoms with Crippen molar-refractivity contribution in [1.82, 2.24) is 0 Å². The van der Waals surface area contributed by atoms with E-state index in [9.17, 15) is 4.79 Å². The summed E-state index contributed by atoms with van der Waals surface area (Å²) in [6.45, 7) is 2.73. The molecule has 2 aromatic rings. The zero-order valence-electron chi connectivity index (χ0n) is 10.9. The molecule has 3 rings (SSSR count). The third kappa shape index (κ3) is 2.47. The molecule has 0 amide bonds. The largest absolute Gasteiger partial charge is 0.461 e. The van der Waals surface area contributed by atoms with Crippen molar-refractivity contribution >= 4 is 5.78 Å². The summed E-state index contributed by atoms with van der Waals surface area (Å²) in [7, 11) is 0. The highest BCUT2D eigenvalue weighted by Gasteiger charge is 2.24. The molecule has 0 N–H and O–H groups in total. The van der Waals surface area contributed by atoms with Crippen molar-refractivity contribution in [1.29, 1.82) is 0 Å². The van der Waals surface area contributed by atoms with E-state index in [2.05, 4.69) is 25.1 Å². The predicted octanol–water partition coefficient (Wildman–Crippen LogP) is 3.47. The number of fused-ring (bicyclic) bond motifs is 1. The van der Waals surface area contributed by atoms with E-state index in [1.165, 1.54) is 17.4 Å². The maximum absolute atomic E-state index is 12.1. The van der Waals surface area contributed by atoms with Crippen LogP contribution in [0, 0.1) is 6.92 Å². The minimum absolute atomic E-state index is 0.00986. The molecule has 1 aromatic carbocycles. The van der Waals surface area contributed by atoms with Gasteiger partial charge in [0.2, 0.25) is 5.78 Å². The van der Waals surface area contributed by atoms with Crippen LogP contribution >= 0.6 is 0 Å². The van der Waals surface area contributed by atoms with Crippen molar-refractivity contribution in [2.75, 3.05) is 6.61 Å². The third-order valence-electron chi connectivity index (χ3n) is 3.51. The summed E-state index contributed by atoms with van der Waals surface area (Å²) < 4.78 is 10.9. The van der Waals surface area contributed by atoms with Gasteiger partial charge in [0.1, 0.15) is 0 Å². The Labute approximate surface area is 112 Å². The van der Waals surface area contributed by atoms with Crippen LogP contribution in [0.15, 0.2) is 41.0 Å². The summed E-state index contributed by atoms with van der Waals surface area (Å²) in [6, 6.07) is 9.79. The van der Waals surface area contributed by atoms with Crippen LogP contribution < -0.4 is 0 Å². The summed E-state index contributed by atoms with van der Waals surface area (Å²) in [4.78, 5) is 12.1. The van der Waals surface area contributed by atoms with Crippen molar-refractivity contribution in [3.05, 3.63) is 59.0 Å². The van der Waals surface area contributed by atoms with Crippen molar-refractivity contribution < 1.29 is 13.9 Å². The average molecular weight is 256 g/mol. The molecule has 1 aliphatic rings. The number of rotatable bonds is 3. The van der Waals surface area contributed by atoms with Gasteiger partial charge in [-0.2, -0.15) is 0 Å². The number of ketones is 1. The van der Waals surface area contributed by atoms with Crippen LogP contribution in [0.3, 0.4) is 0 Å². The first-order chi connectivity index (χ1) is 9.24. The van der Waals surface area contributed by atoms with E-state index in [0.29, 0.717) is 18.8 Å². The molecule has 1 atom stereocenters. The van der Waals surface area contributed by atoms with Gasteiger partial charge in [0, 0.05) is 6.42 Å². The van der Waals surface area contributed by atoms with E-state index in [1.807, 2.05) is 0 Å². The normalized spacial score (nSPS) is 18.1. The van der Waals surface area contributed by atoms with Gasteiger partial charge in [0.05, 0.1) is 19.0 Å². The fourth-order valence-corrected chi connectivity index (χ4v) is 2.52. The number of carbonyl (C=O) groups is 1. The molecule has 3 heteroatoms. The first kappa shape index (κ1) is 12.2. The lowest BCUT2D eigenvalue weighted by molar-refractivity contribution is 0.0343. The lowest BCUT2D eigenvalue weighted by Crippen LogP contribution is -2.19. The molecule has 0 aliphatic carbocycles. The summed E-state index contributed by atoms with van der Waals surface area (Å²) in [5, 5.41) is 0. The van der Waals surface area contributed by atoms with E-state index in [0.717, 1.165) is 12.0 Å². The van der Waals surface area contributed by atoms with E-state index in [4.69, 9.17) is 9.15 Å². The molecular formula is C16H16O3. The molecule has 0 fully saturated rings. The number of carbonyl (C=O) groups excluding carboxylic acids is 1. The molecule has 0 saturated carbocycles. The summed E-state index contributed by atoms with van der Waals surface area (Å²) in [5.41, 5.74) is 3.62. The molecule has 0 saturated heterocycles. The van der Waals surface area contributed by atoms with Gasteiger partial charge in [0.15, 0.2) is 5.76 Å². The van der Waals surface area contributed by atoms with Crippen molar-refractivity contribution in [3.63, 3.8) is 0 Å². The molecule has 1 aliphatic heterocycles. The number of Topliss-reactive ketones (excluding diaryl/α,β-unsaturated/α-hetero) is 1. The molecule has 0 radical (unpaired) electrons. The maximum atomic E-state index is 12.1. The van der Waals surface area contributed by atoms with E-state index in [1.54, 1.807) is 12.1 Å². The summed E-state index contributed by atoms with van der Waals surface area (Å²) in [6.07, 6.45) is 2.62. The van der Waals surface area contributed by atoms with Crippen LogP contribution in [0.4, 0.5) is 0 Å². The van der Waals surface area contributed by atoms with Gasteiger partial charge in [-0.05, 0) is 36.6 Å². The third-order valence-corrected chi connectivity index (χ3v) is 3.51. The second-order valence-corrected chi connectivity index (χ2v) is 4.92. The Morgan fingerprint density at radius 1 is 1.37 bits per heavy atom. The zero-order valence-corrected chi connectivity index (χ0v) is 10.9. The van der Waals surface area contributed by atoms with Crippen LogP contribution in [0.1, 0.15) is 39.8 Å². The number of ether oxygens (including phenoxy) is 1. The Kier molecular flexibility index (Phi) is 3.22. The number of furan rings is 1. The topological polar surface area (TPSA) is 39.4 Å². The van der Waals surface area contributed by atoms with Gasteiger partial charge in [-0.3, -0.25) is 4.79 Å². The van der Waals surface area contributed by atoms with Crippen molar-refractivity contribution in [2.24, 2.45) is 0 Å². The maximum Gasteiger partial charge on any atom is 0.200 e. The number of benzene rings is 1. The van der Waals surface area contributed by atoms with Gasteiger partial charge in [0.25, 0.3) is 0 Å². The Morgan fingerprint density at radius 3 is 3.05 bits per heavy atom. The highest BCUT2D eigenvalue weighted by Crippen LogP contribution is 2.31. The molecule has 98 valence electrons. The minimum atomic E-state index is -0.152. The monoisotopic (exact) mass is 256 g/mol. The molecule has 3 nitrogen and oxygen atoms in total.